The smallest absolute Gasteiger partial charge is 0.255 e. The van der Waals surface area contributed by atoms with Gasteiger partial charge in [-0.25, -0.2) is 0 Å². The number of hydrogen-bond acceptors (Lipinski definition) is 4. The molecule has 0 aromatic heterocycles. The van der Waals surface area contributed by atoms with Crippen LogP contribution in [0.2, 0.25) is 0 Å². The molecule has 3 amide bonds. The van der Waals surface area contributed by atoms with E-state index in [9.17, 15) is 19.2 Å². The van der Waals surface area contributed by atoms with Crippen LogP contribution in [0.3, 0.4) is 0 Å². The molecule has 7 heteroatoms. The zero-order valence-electron chi connectivity index (χ0n) is 26.4. The maximum absolute atomic E-state index is 13.9. The number of hydrogen-bond donors (Lipinski definition) is 1. The number of ketones is 1. The van der Waals surface area contributed by atoms with Crippen LogP contribution in [0.5, 0.6) is 0 Å². The molecule has 3 aromatic rings. The van der Waals surface area contributed by atoms with Crippen molar-refractivity contribution < 1.29 is 19.2 Å². The van der Waals surface area contributed by atoms with Crippen LogP contribution in [-0.4, -0.2) is 65.0 Å². The lowest BCUT2D eigenvalue weighted by Gasteiger charge is -2.37. The van der Waals surface area contributed by atoms with Crippen molar-refractivity contribution in [2.24, 2.45) is 5.92 Å². The second-order valence-corrected chi connectivity index (χ2v) is 13.1. The van der Waals surface area contributed by atoms with Gasteiger partial charge in [0.25, 0.3) is 11.8 Å². The second kappa shape index (κ2) is 13.5. The van der Waals surface area contributed by atoms with Gasteiger partial charge < -0.3 is 15.1 Å². The number of rotatable bonds is 7. The molecular weight excluding hydrogens is 538 g/mol. The van der Waals surface area contributed by atoms with Gasteiger partial charge >= 0.3 is 0 Å². The van der Waals surface area contributed by atoms with Gasteiger partial charge in [-0.1, -0.05) is 90.1 Å². The number of benzene rings is 3. The van der Waals surface area contributed by atoms with Crippen molar-refractivity contribution in [1.82, 2.24) is 15.1 Å². The maximum atomic E-state index is 13.9. The third-order valence-electron chi connectivity index (χ3n) is 8.27. The Hall–Kier alpha value is -4.00. The fraction of sp³-hybridized carbons (Fsp3) is 0.444. The lowest BCUT2D eigenvalue weighted by atomic mass is 9.86. The Kier molecular flexibility index (Phi) is 10.0. The Labute approximate surface area is 255 Å². The highest BCUT2D eigenvalue weighted by Crippen LogP contribution is 2.25. The first kappa shape index (κ1) is 31.9. The van der Waals surface area contributed by atoms with Crippen LogP contribution >= 0.6 is 0 Å². The van der Waals surface area contributed by atoms with Crippen LogP contribution in [0.25, 0.3) is 10.8 Å². The summed E-state index contributed by atoms with van der Waals surface area (Å²) >= 11 is 0. The minimum atomic E-state index is -0.754. The molecule has 1 saturated heterocycles. The van der Waals surface area contributed by atoms with Crippen molar-refractivity contribution in [2.75, 3.05) is 19.6 Å². The second-order valence-electron chi connectivity index (χ2n) is 13.1. The molecule has 1 aliphatic rings. The highest BCUT2D eigenvalue weighted by atomic mass is 16.2. The molecule has 1 heterocycles. The number of Topliss-reactive ketones (excluding diaryl/α,β-unsaturated/α-hetero) is 1. The van der Waals surface area contributed by atoms with Crippen LogP contribution in [-0.2, 0) is 15.0 Å². The van der Waals surface area contributed by atoms with E-state index in [4.69, 9.17) is 0 Å². The van der Waals surface area contributed by atoms with E-state index in [1.54, 1.807) is 21.9 Å². The highest BCUT2D eigenvalue weighted by Gasteiger charge is 2.34. The Bertz CT molecular complexity index is 1470. The summed E-state index contributed by atoms with van der Waals surface area (Å²) in [4.78, 5) is 57.5. The Balaban J connectivity index is 1.50. The lowest BCUT2D eigenvalue weighted by molar-refractivity contribution is -0.138. The predicted octanol–water partition coefficient (Wildman–Crippen LogP) is 6.00. The van der Waals surface area contributed by atoms with Crippen LogP contribution in [0.15, 0.2) is 66.7 Å². The van der Waals surface area contributed by atoms with Gasteiger partial charge in [-0.05, 0) is 65.1 Å². The molecule has 0 saturated carbocycles. The van der Waals surface area contributed by atoms with Gasteiger partial charge in [-0.2, -0.15) is 0 Å². The van der Waals surface area contributed by atoms with Crippen molar-refractivity contribution in [3.05, 3.63) is 83.4 Å². The minimum Gasteiger partial charge on any atom is -0.340 e. The zero-order chi connectivity index (χ0) is 31.3. The molecule has 3 aromatic carbocycles. The van der Waals surface area contributed by atoms with Crippen molar-refractivity contribution in [3.63, 3.8) is 0 Å². The SMILES string of the molecule is CC[C@H]1CCN(C(=O)[C@H](CC(C)C)NC(=O)c2ccc(C(C)(C)C)cc2)CC(=O)CN1C(=O)c1cccc2ccccc12. The van der Waals surface area contributed by atoms with Crippen molar-refractivity contribution in [1.29, 1.82) is 0 Å². The van der Waals surface area contributed by atoms with Crippen LogP contribution in [0.4, 0.5) is 0 Å². The number of amides is 3. The highest BCUT2D eigenvalue weighted by molar-refractivity contribution is 6.08. The summed E-state index contributed by atoms with van der Waals surface area (Å²) in [5.41, 5.74) is 2.16. The maximum Gasteiger partial charge on any atom is 0.255 e. The molecule has 1 aliphatic heterocycles. The fourth-order valence-corrected chi connectivity index (χ4v) is 5.82. The Morgan fingerprint density at radius 3 is 2.26 bits per heavy atom. The first-order valence-corrected chi connectivity index (χ1v) is 15.4. The van der Waals surface area contributed by atoms with Crippen LogP contribution in [0, 0.1) is 5.92 Å². The largest absolute Gasteiger partial charge is 0.340 e. The minimum absolute atomic E-state index is 0.0331. The van der Waals surface area contributed by atoms with Gasteiger partial charge in [0.05, 0.1) is 13.1 Å². The summed E-state index contributed by atoms with van der Waals surface area (Å²) in [6.07, 6.45) is 1.66. The molecule has 1 N–H and O–H groups in total. The molecule has 2 atom stereocenters. The average Bonchev–Trinajstić information content (AvgIpc) is 2.97. The van der Waals surface area contributed by atoms with Gasteiger partial charge in [-0.15, -0.1) is 0 Å². The standard InChI is InChI=1S/C36H45N3O4/c1-7-28-19-20-38(22-29(40)23-39(28)34(42)31-14-10-12-25-11-8-9-13-30(25)31)35(43)32(21-24(2)3)37-33(41)26-15-17-27(18-16-26)36(4,5)6/h8-18,24,28,32H,7,19-23H2,1-6H3,(H,37,41)/t28-,32-/m0/s1. The molecule has 0 aliphatic carbocycles. The molecule has 0 radical (unpaired) electrons. The summed E-state index contributed by atoms with van der Waals surface area (Å²) in [6, 6.07) is 19.9. The monoisotopic (exact) mass is 583 g/mol. The molecule has 43 heavy (non-hydrogen) atoms. The summed E-state index contributed by atoms with van der Waals surface area (Å²) in [5.74, 6) is -0.784. The summed E-state index contributed by atoms with van der Waals surface area (Å²) in [5, 5.41) is 4.79. The van der Waals surface area contributed by atoms with Gasteiger partial charge in [0, 0.05) is 23.7 Å². The van der Waals surface area contributed by atoms with E-state index in [-0.39, 0.29) is 54.0 Å². The summed E-state index contributed by atoms with van der Waals surface area (Å²) in [7, 11) is 0. The Morgan fingerprint density at radius 2 is 1.60 bits per heavy atom. The quantitative estimate of drug-likeness (QED) is 0.369. The molecule has 7 nitrogen and oxygen atoms in total. The average molecular weight is 584 g/mol. The molecule has 228 valence electrons. The van der Waals surface area contributed by atoms with E-state index < -0.39 is 6.04 Å². The van der Waals surface area contributed by atoms with E-state index in [1.807, 2.05) is 75.4 Å². The molecule has 4 rings (SSSR count). The first-order chi connectivity index (χ1) is 20.4. The molecule has 0 spiro atoms. The van der Waals surface area contributed by atoms with E-state index in [0.29, 0.717) is 36.9 Å². The Morgan fingerprint density at radius 1 is 0.930 bits per heavy atom. The zero-order valence-corrected chi connectivity index (χ0v) is 26.4. The normalized spacial score (nSPS) is 17.0. The van der Waals surface area contributed by atoms with Gasteiger partial charge in [0.2, 0.25) is 5.91 Å². The van der Waals surface area contributed by atoms with Crippen molar-refractivity contribution in [3.8, 4) is 0 Å². The lowest BCUT2D eigenvalue weighted by Crippen LogP contribution is -2.55. The number of fused-ring (bicyclic) bond motifs is 1. The third-order valence-corrected chi connectivity index (χ3v) is 8.27. The van der Waals surface area contributed by atoms with E-state index in [2.05, 4.69) is 26.1 Å². The summed E-state index contributed by atoms with van der Waals surface area (Å²) < 4.78 is 0. The third kappa shape index (κ3) is 7.70. The van der Waals surface area contributed by atoms with Gasteiger partial charge in [0.15, 0.2) is 5.78 Å². The predicted molar refractivity (Wildman–Crippen MR) is 171 cm³/mol. The van der Waals surface area contributed by atoms with Gasteiger partial charge in [-0.3, -0.25) is 19.2 Å². The number of carbonyl (C=O) groups is 4. The van der Waals surface area contributed by atoms with Gasteiger partial charge in [0.1, 0.15) is 6.04 Å². The van der Waals surface area contributed by atoms with E-state index in [1.165, 1.54) is 0 Å². The molecule has 0 bridgehead atoms. The topological polar surface area (TPSA) is 86.8 Å². The number of nitrogens with one attached hydrogen (secondary N) is 1. The summed E-state index contributed by atoms with van der Waals surface area (Å²) in [6.45, 7) is 12.5. The molecule has 1 fully saturated rings. The van der Waals surface area contributed by atoms with E-state index >= 15 is 0 Å². The van der Waals surface area contributed by atoms with Crippen LogP contribution in [0.1, 0.15) is 87.1 Å². The molecule has 0 unspecified atom stereocenters. The van der Waals surface area contributed by atoms with Crippen molar-refractivity contribution >= 4 is 34.3 Å². The van der Waals surface area contributed by atoms with Crippen molar-refractivity contribution in [2.45, 2.75) is 78.3 Å². The van der Waals surface area contributed by atoms with E-state index in [0.717, 1.165) is 16.3 Å². The van der Waals surface area contributed by atoms with Crippen LogP contribution < -0.4 is 5.32 Å². The fourth-order valence-electron chi connectivity index (χ4n) is 5.82. The molecular formula is C36H45N3O4. The number of carbonyl (C=O) groups excluding carboxylic acids is 4. The number of nitrogens with zero attached hydrogens (tertiary/aromatic N) is 2. The first-order valence-electron chi connectivity index (χ1n) is 15.4.